The fourth-order valence-electron chi connectivity index (χ4n) is 2.27. The van der Waals surface area contributed by atoms with E-state index in [2.05, 4.69) is 35.0 Å². The molecule has 2 aromatic rings. The van der Waals surface area contributed by atoms with Gasteiger partial charge >= 0.3 is 0 Å². The van der Waals surface area contributed by atoms with Crippen LogP contribution in [0.5, 0.6) is 0 Å². The van der Waals surface area contributed by atoms with Crippen LogP contribution in [0.2, 0.25) is 5.02 Å². The largest absolute Gasteiger partial charge is 0.396 e. The molecule has 2 aromatic carbocycles. The van der Waals surface area contributed by atoms with Crippen LogP contribution in [0.25, 0.3) is 0 Å². The molecule has 0 aromatic heterocycles. The van der Waals surface area contributed by atoms with Crippen molar-refractivity contribution in [1.82, 2.24) is 0 Å². The Hall–Kier alpha value is -0.830. The van der Waals surface area contributed by atoms with Gasteiger partial charge in [0.25, 0.3) is 0 Å². The standard InChI is InChI=1S/C16H16BrClO/c1-11-4-2-3-5-15(11)13(10-19)8-12-6-7-14(17)9-16(12)18/h2-7,9,13,19H,8,10H2,1H3. The van der Waals surface area contributed by atoms with Crippen LogP contribution in [0.1, 0.15) is 22.6 Å². The minimum absolute atomic E-state index is 0.0832. The first-order valence-corrected chi connectivity index (χ1v) is 7.39. The average molecular weight is 340 g/mol. The van der Waals surface area contributed by atoms with Crippen molar-refractivity contribution in [2.24, 2.45) is 0 Å². The topological polar surface area (TPSA) is 20.2 Å². The minimum Gasteiger partial charge on any atom is -0.396 e. The number of aliphatic hydroxyl groups excluding tert-OH is 1. The number of benzene rings is 2. The Kier molecular flexibility index (Phi) is 5.03. The maximum absolute atomic E-state index is 9.66. The highest BCUT2D eigenvalue weighted by Gasteiger charge is 2.15. The van der Waals surface area contributed by atoms with Gasteiger partial charge in [-0.15, -0.1) is 0 Å². The molecular formula is C16H16BrClO. The summed E-state index contributed by atoms with van der Waals surface area (Å²) >= 11 is 9.65. The Morgan fingerprint density at radius 2 is 1.95 bits per heavy atom. The Balaban J connectivity index is 2.27. The molecule has 1 unspecified atom stereocenters. The molecule has 1 N–H and O–H groups in total. The molecule has 0 spiro atoms. The number of hydrogen-bond acceptors (Lipinski definition) is 1. The molecule has 0 amide bonds. The molecule has 2 rings (SSSR count). The second-order valence-corrected chi connectivity index (χ2v) is 6.00. The van der Waals surface area contributed by atoms with Crippen molar-refractivity contribution in [2.45, 2.75) is 19.3 Å². The van der Waals surface area contributed by atoms with Crippen molar-refractivity contribution in [2.75, 3.05) is 6.61 Å². The summed E-state index contributed by atoms with van der Waals surface area (Å²) in [6.07, 6.45) is 0.744. The Morgan fingerprint density at radius 1 is 1.21 bits per heavy atom. The van der Waals surface area contributed by atoms with Crippen molar-refractivity contribution >= 4 is 27.5 Å². The second-order valence-electron chi connectivity index (χ2n) is 4.68. The van der Waals surface area contributed by atoms with Gasteiger partial charge in [-0.2, -0.15) is 0 Å². The zero-order chi connectivity index (χ0) is 13.8. The molecule has 0 aliphatic carbocycles. The molecule has 0 saturated carbocycles. The molecule has 0 fully saturated rings. The van der Waals surface area contributed by atoms with Crippen molar-refractivity contribution in [3.8, 4) is 0 Å². The van der Waals surface area contributed by atoms with Gasteiger partial charge in [0.15, 0.2) is 0 Å². The lowest BCUT2D eigenvalue weighted by Gasteiger charge is -2.18. The van der Waals surface area contributed by atoms with E-state index < -0.39 is 0 Å². The Labute approximate surface area is 127 Å². The lowest BCUT2D eigenvalue weighted by molar-refractivity contribution is 0.264. The lowest BCUT2D eigenvalue weighted by Crippen LogP contribution is -2.09. The zero-order valence-corrected chi connectivity index (χ0v) is 13.1. The van der Waals surface area contributed by atoms with Crippen LogP contribution in [0.3, 0.4) is 0 Å². The number of aryl methyl sites for hydroxylation is 1. The van der Waals surface area contributed by atoms with Gasteiger partial charge in [0.1, 0.15) is 0 Å². The summed E-state index contributed by atoms with van der Waals surface area (Å²) in [7, 11) is 0. The van der Waals surface area contributed by atoms with Crippen LogP contribution in [-0.2, 0) is 6.42 Å². The summed E-state index contributed by atoms with van der Waals surface area (Å²) < 4.78 is 0.970. The van der Waals surface area contributed by atoms with Gasteiger partial charge in [-0.1, -0.05) is 57.9 Å². The third-order valence-corrected chi connectivity index (χ3v) is 4.18. The summed E-state index contributed by atoms with van der Waals surface area (Å²) in [4.78, 5) is 0. The van der Waals surface area contributed by atoms with E-state index in [9.17, 15) is 5.11 Å². The molecule has 1 atom stereocenters. The number of rotatable bonds is 4. The highest BCUT2D eigenvalue weighted by molar-refractivity contribution is 9.10. The summed E-state index contributed by atoms with van der Waals surface area (Å²) in [6, 6.07) is 14.0. The fraction of sp³-hybridized carbons (Fsp3) is 0.250. The SMILES string of the molecule is Cc1ccccc1C(CO)Cc1ccc(Br)cc1Cl. The van der Waals surface area contributed by atoms with Crippen LogP contribution in [-0.4, -0.2) is 11.7 Å². The summed E-state index contributed by atoms with van der Waals surface area (Å²) in [6.45, 7) is 2.19. The van der Waals surface area contributed by atoms with Gasteiger partial charge in [0.2, 0.25) is 0 Å². The lowest BCUT2D eigenvalue weighted by atomic mass is 9.90. The highest BCUT2D eigenvalue weighted by atomic mass is 79.9. The van der Waals surface area contributed by atoms with E-state index in [4.69, 9.17) is 11.6 Å². The monoisotopic (exact) mass is 338 g/mol. The number of halogens is 2. The van der Waals surface area contributed by atoms with E-state index in [1.54, 1.807) is 0 Å². The normalized spacial score (nSPS) is 12.4. The van der Waals surface area contributed by atoms with Gasteiger partial charge in [-0.25, -0.2) is 0 Å². The van der Waals surface area contributed by atoms with Crippen LogP contribution >= 0.6 is 27.5 Å². The molecule has 1 nitrogen and oxygen atoms in total. The molecule has 0 saturated heterocycles. The average Bonchev–Trinajstić information content (AvgIpc) is 2.39. The molecular weight excluding hydrogens is 324 g/mol. The molecule has 0 aliphatic rings. The van der Waals surface area contributed by atoms with Crippen molar-refractivity contribution < 1.29 is 5.11 Å². The molecule has 100 valence electrons. The minimum atomic E-state index is 0.0832. The summed E-state index contributed by atoms with van der Waals surface area (Å²) in [5, 5.41) is 10.4. The van der Waals surface area contributed by atoms with Crippen LogP contribution in [0, 0.1) is 6.92 Å². The molecule has 19 heavy (non-hydrogen) atoms. The maximum atomic E-state index is 9.66. The first-order valence-electron chi connectivity index (χ1n) is 6.22. The quantitative estimate of drug-likeness (QED) is 0.854. The smallest absolute Gasteiger partial charge is 0.0503 e. The van der Waals surface area contributed by atoms with Crippen molar-refractivity contribution in [3.63, 3.8) is 0 Å². The van der Waals surface area contributed by atoms with Gasteiger partial charge in [-0.3, -0.25) is 0 Å². The predicted octanol–water partition coefficient (Wildman–Crippen LogP) is 4.73. The molecule has 0 bridgehead atoms. The predicted molar refractivity (Wildman–Crippen MR) is 83.9 cm³/mol. The van der Waals surface area contributed by atoms with E-state index in [0.29, 0.717) is 0 Å². The van der Waals surface area contributed by atoms with Crippen molar-refractivity contribution in [1.29, 1.82) is 0 Å². The third kappa shape index (κ3) is 3.59. The van der Waals surface area contributed by atoms with E-state index in [1.165, 1.54) is 11.1 Å². The molecule has 0 aliphatic heterocycles. The fourth-order valence-corrected chi connectivity index (χ4v) is 3.02. The van der Waals surface area contributed by atoms with Gasteiger partial charge in [0.05, 0.1) is 6.61 Å². The summed E-state index contributed by atoms with van der Waals surface area (Å²) in [5.74, 6) is 0.0832. The van der Waals surface area contributed by atoms with E-state index in [1.807, 2.05) is 30.3 Å². The Bertz CT molecular complexity index is 568. The Morgan fingerprint density at radius 3 is 2.58 bits per heavy atom. The first-order chi connectivity index (χ1) is 9.11. The summed E-state index contributed by atoms with van der Waals surface area (Å²) in [5.41, 5.74) is 3.45. The molecule has 0 radical (unpaired) electrons. The van der Waals surface area contributed by atoms with Crippen LogP contribution in [0.15, 0.2) is 46.9 Å². The number of aliphatic hydroxyl groups is 1. The highest BCUT2D eigenvalue weighted by Crippen LogP contribution is 2.28. The van der Waals surface area contributed by atoms with E-state index in [-0.39, 0.29) is 12.5 Å². The van der Waals surface area contributed by atoms with Gasteiger partial charge in [0, 0.05) is 15.4 Å². The van der Waals surface area contributed by atoms with Gasteiger partial charge < -0.3 is 5.11 Å². The maximum Gasteiger partial charge on any atom is 0.0503 e. The first kappa shape index (κ1) is 14.6. The molecule has 0 heterocycles. The van der Waals surface area contributed by atoms with Crippen molar-refractivity contribution in [3.05, 3.63) is 68.7 Å². The van der Waals surface area contributed by atoms with E-state index >= 15 is 0 Å². The van der Waals surface area contributed by atoms with Crippen LogP contribution in [0.4, 0.5) is 0 Å². The van der Waals surface area contributed by atoms with E-state index in [0.717, 1.165) is 21.5 Å². The van der Waals surface area contributed by atoms with Crippen LogP contribution < -0.4 is 0 Å². The molecule has 3 heteroatoms. The third-order valence-electron chi connectivity index (χ3n) is 3.33. The second kappa shape index (κ2) is 6.56. The van der Waals surface area contributed by atoms with Gasteiger partial charge in [-0.05, 0) is 42.2 Å². The number of hydrogen-bond donors (Lipinski definition) is 1. The zero-order valence-electron chi connectivity index (χ0n) is 10.7.